The van der Waals surface area contributed by atoms with Gasteiger partial charge in [-0.05, 0) is 30.7 Å². The van der Waals surface area contributed by atoms with Crippen LogP contribution in [0.25, 0.3) is 0 Å². The van der Waals surface area contributed by atoms with Crippen LogP contribution in [0.5, 0.6) is 0 Å². The zero-order chi connectivity index (χ0) is 16.0. The Morgan fingerprint density at radius 1 is 1.19 bits per heavy atom. The molecule has 0 aliphatic heterocycles. The molecule has 1 unspecified atom stereocenters. The number of halogens is 4. The molecule has 0 aliphatic carbocycles. The lowest BCUT2D eigenvalue weighted by Crippen LogP contribution is -2.35. The molecule has 1 aromatic carbocycles. The maximum Gasteiger partial charge on any atom is 0.419 e. The van der Waals surface area contributed by atoms with E-state index in [-0.39, 0.29) is 0 Å². The van der Waals surface area contributed by atoms with Gasteiger partial charge in [0, 0.05) is 14.2 Å². The van der Waals surface area contributed by atoms with Crippen LogP contribution in [-0.2, 0) is 15.7 Å². The Morgan fingerprint density at radius 3 is 2.24 bits per heavy atom. The second-order valence-corrected chi connectivity index (χ2v) is 4.51. The highest BCUT2D eigenvalue weighted by Gasteiger charge is 2.34. The summed E-state index contributed by atoms with van der Waals surface area (Å²) in [6, 6.07) is 2.26. The number of methoxy groups -OCH3 is 2. The van der Waals surface area contributed by atoms with Gasteiger partial charge >= 0.3 is 6.18 Å². The summed E-state index contributed by atoms with van der Waals surface area (Å²) in [7, 11) is 2.82. The molecule has 3 nitrogen and oxygen atoms in total. The average molecular weight is 309 g/mol. The van der Waals surface area contributed by atoms with E-state index < -0.39 is 29.9 Å². The number of hydrogen-bond donors (Lipinski definition) is 1. The Balaban J connectivity index is 3.10. The highest BCUT2D eigenvalue weighted by atomic mass is 19.4. The van der Waals surface area contributed by atoms with Gasteiger partial charge < -0.3 is 14.8 Å². The molecule has 0 aromatic heterocycles. The van der Waals surface area contributed by atoms with E-state index in [1.807, 2.05) is 6.92 Å². The molecule has 1 N–H and O–H groups in total. The fraction of sp³-hybridized carbons (Fsp3) is 0.571. The Morgan fingerprint density at radius 2 is 1.81 bits per heavy atom. The first-order chi connectivity index (χ1) is 9.85. The van der Waals surface area contributed by atoms with Crippen LogP contribution in [0.2, 0.25) is 0 Å². The summed E-state index contributed by atoms with van der Waals surface area (Å²) in [6.07, 6.45) is -4.64. The van der Waals surface area contributed by atoms with E-state index in [2.05, 4.69) is 5.32 Å². The van der Waals surface area contributed by atoms with E-state index in [4.69, 9.17) is 9.47 Å². The van der Waals surface area contributed by atoms with E-state index in [0.29, 0.717) is 12.1 Å². The van der Waals surface area contributed by atoms with Gasteiger partial charge in [-0.1, -0.05) is 13.0 Å². The van der Waals surface area contributed by atoms with Gasteiger partial charge in [-0.3, -0.25) is 0 Å². The maximum absolute atomic E-state index is 13.7. The first-order valence-corrected chi connectivity index (χ1v) is 6.50. The molecule has 0 radical (unpaired) electrons. The fourth-order valence-electron chi connectivity index (χ4n) is 1.99. The largest absolute Gasteiger partial charge is 0.419 e. The van der Waals surface area contributed by atoms with Gasteiger partial charge in [0.05, 0.1) is 11.6 Å². The minimum atomic E-state index is -4.71. The summed E-state index contributed by atoms with van der Waals surface area (Å²) >= 11 is 0. The van der Waals surface area contributed by atoms with Crippen molar-refractivity contribution < 1.29 is 27.0 Å². The van der Waals surface area contributed by atoms with Gasteiger partial charge in [0.1, 0.15) is 5.82 Å². The van der Waals surface area contributed by atoms with Crippen molar-refractivity contribution in [2.24, 2.45) is 0 Å². The summed E-state index contributed by atoms with van der Waals surface area (Å²) in [6.45, 7) is 2.53. The lowest BCUT2D eigenvalue weighted by atomic mass is 10.0. The molecular formula is C14H19F4NO2. The minimum Gasteiger partial charge on any atom is -0.354 e. The Hall–Kier alpha value is -1.18. The molecule has 0 amide bonds. The number of hydrogen-bond acceptors (Lipinski definition) is 3. The molecule has 7 heteroatoms. The smallest absolute Gasteiger partial charge is 0.354 e. The highest BCUT2D eigenvalue weighted by molar-refractivity contribution is 5.29. The zero-order valence-corrected chi connectivity index (χ0v) is 12.1. The molecule has 1 atom stereocenters. The Kier molecular flexibility index (Phi) is 6.57. The zero-order valence-electron chi connectivity index (χ0n) is 12.1. The first kappa shape index (κ1) is 17.9. The summed E-state index contributed by atoms with van der Waals surface area (Å²) in [5, 5.41) is 3.08. The molecule has 0 saturated carbocycles. The molecule has 0 aliphatic rings. The predicted molar refractivity (Wildman–Crippen MR) is 70.2 cm³/mol. The van der Waals surface area contributed by atoms with Gasteiger partial charge in [-0.15, -0.1) is 0 Å². The number of benzene rings is 1. The summed E-state index contributed by atoms with van der Waals surface area (Å²) < 4.78 is 61.6. The van der Waals surface area contributed by atoms with Crippen molar-refractivity contribution in [2.45, 2.75) is 31.9 Å². The third-order valence-corrected chi connectivity index (χ3v) is 3.01. The van der Waals surface area contributed by atoms with Gasteiger partial charge in [0.25, 0.3) is 0 Å². The molecular weight excluding hydrogens is 290 g/mol. The molecule has 21 heavy (non-hydrogen) atoms. The fourth-order valence-corrected chi connectivity index (χ4v) is 1.99. The van der Waals surface area contributed by atoms with Gasteiger partial charge in [-0.2, -0.15) is 13.2 Å². The Bertz CT molecular complexity index is 447. The predicted octanol–water partition coefficient (Wildman–Crippen LogP) is 3.50. The second kappa shape index (κ2) is 7.72. The van der Waals surface area contributed by atoms with E-state index >= 15 is 0 Å². The van der Waals surface area contributed by atoms with Crippen molar-refractivity contribution in [1.29, 1.82) is 0 Å². The monoisotopic (exact) mass is 309 g/mol. The molecule has 0 heterocycles. The quantitative estimate of drug-likeness (QED) is 0.617. The van der Waals surface area contributed by atoms with E-state index in [1.54, 1.807) is 0 Å². The molecule has 1 rings (SSSR count). The van der Waals surface area contributed by atoms with Crippen LogP contribution in [0.4, 0.5) is 17.6 Å². The van der Waals surface area contributed by atoms with Crippen molar-refractivity contribution in [2.75, 3.05) is 20.8 Å². The van der Waals surface area contributed by atoms with Crippen molar-refractivity contribution in [1.82, 2.24) is 5.32 Å². The molecule has 120 valence electrons. The summed E-state index contributed by atoms with van der Waals surface area (Å²) in [5.41, 5.74) is -0.950. The normalized spacial score (nSPS) is 13.7. The van der Waals surface area contributed by atoms with Gasteiger partial charge in [-0.25, -0.2) is 4.39 Å². The average Bonchev–Trinajstić information content (AvgIpc) is 2.42. The van der Waals surface area contributed by atoms with Crippen LogP contribution in [-0.4, -0.2) is 27.1 Å². The molecule has 0 spiro atoms. The number of rotatable bonds is 7. The number of alkyl halides is 3. The highest BCUT2D eigenvalue weighted by Crippen LogP contribution is 2.33. The third kappa shape index (κ3) is 4.66. The van der Waals surface area contributed by atoms with Crippen LogP contribution in [0.1, 0.15) is 30.5 Å². The minimum absolute atomic E-state index is 0.336. The van der Waals surface area contributed by atoms with Crippen LogP contribution < -0.4 is 5.32 Å². The van der Waals surface area contributed by atoms with E-state index in [9.17, 15) is 17.6 Å². The number of ether oxygens (including phenoxy) is 2. The number of nitrogens with one attached hydrogen (secondary N) is 1. The SMILES string of the molecule is CCCNC(c1ccc(C(F)(F)F)c(F)c1)C(OC)OC. The standard InChI is InChI=1S/C14H19F4NO2/c1-4-7-19-12(13(20-2)21-3)9-5-6-10(11(15)8-9)14(16,17)18/h5-6,8,12-13,19H,4,7H2,1-3H3. The molecule has 0 saturated heterocycles. The second-order valence-electron chi connectivity index (χ2n) is 4.51. The van der Waals surface area contributed by atoms with Crippen molar-refractivity contribution in [3.8, 4) is 0 Å². The molecule has 0 bridgehead atoms. The van der Waals surface area contributed by atoms with Crippen molar-refractivity contribution >= 4 is 0 Å². The lowest BCUT2D eigenvalue weighted by Gasteiger charge is -2.26. The van der Waals surface area contributed by atoms with Crippen molar-refractivity contribution in [3.05, 3.63) is 35.1 Å². The van der Waals surface area contributed by atoms with E-state index in [0.717, 1.165) is 18.6 Å². The van der Waals surface area contributed by atoms with Crippen molar-refractivity contribution in [3.63, 3.8) is 0 Å². The first-order valence-electron chi connectivity index (χ1n) is 6.50. The topological polar surface area (TPSA) is 30.5 Å². The molecule has 1 aromatic rings. The Labute approximate surface area is 121 Å². The van der Waals surface area contributed by atoms with E-state index in [1.165, 1.54) is 20.3 Å². The third-order valence-electron chi connectivity index (χ3n) is 3.01. The summed E-state index contributed by atoms with van der Waals surface area (Å²) in [4.78, 5) is 0. The van der Waals surface area contributed by atoms with Gasteiger partial charge in [0.15, 0.2) is 6.29 Å². The van der Waals surface area contributed by atoms with Crippen LogP contribution in [0, 0.1) is 5.82 Å². The maximum atomic E-state index is 13.7. The summed E-state index contributed by atoms with van der Waals surface area (Å²) in [5.74, 6) is -1.31. The van der Waals surface area contributed by atoms with Crippen LogP contribution in [0.15, 0.2) is 18.2 Å². The van der Waals surface area contributed by atoms with Crippen LogP contribution >= 0.6 is 0 Å². The van der Waals surface area contributed by atoms with Gasteiger partial charge in [0.2, 0.25) is 0 Å². The lowest BCUT2D eigenvalue weighted by molar-refractivity contribution is -0.140. The molecule has 0 fully saturated rings. The van der Waals surface area contributed by atoms with Crippen LogP contribution in [0.3, 0.4) is 0 Å².